The number of para-hydroxylation sites is 1. The molecular weight excluding hydrogens is 591 g/mol. The molecule has 3 aromatic carbocycles. The fourth-order valence-electron chi connectivity index (χ4n) is 4.94. The zero-order valence-electron chi connectivity index (χ0n) is 22.2. The van der Waals surface area contributed by atoms with E-state index < -0.39 is 17.9 Å². The molecule has 2 unspecified atom stereocenters. The molecule has 12 heteroatoms. The minimum absolute atomic E-state index is 0.0531. The zero-order chi connectivity index (χ0) is 29.3. The van der Waals surface area contributed by atoms with E-state index in [1.807, 2.05) is 6.07 Å². The first kappa shape index (κ1) is 29.2. The van der Waals surface area contributed by atoms with E-state index in [2.05, 4.69) is 10.6 Å². The van der Waals surface area contributed by atoms with Crippen molar-refractivity contribution >= 4 is 57.7 Å². The van der Waals surface area contributed by atoms with Crippen LogP contribution in [0.3, 0.4) is 0 Å². The molecule has 5 rings (SSSR count). The molecule has 214 valence electrons. The van der Waals surface area contributed by atoms with Crippen LogP contribution >= 0.6 is 34.8 Å². The van der Waals surface area contributed by atoms with Crippen LogP contribution in [-0.2, 0) is 27.7 Å². The van der Waals surface area contributed by atoms with E-state index in [0.29, 0.717) is 34.9 Å². The highest BCUT2D eigenvalue weighted by Gasteiger charge is 2.27. The van der Waals surface area contributed by atoms with Gasteiger partial charge in [0, 0.05) is 26.6 Å². The molecule has 1 aliphatic rings. The highest BCUT2D eigenvalue weighted by molar-refractivity contribution is 6.40. The number of rotatable bonds is 7. The molecule has 41 heavy (non-hydrogen) atoms. The fraction of sp³-hybridized carbons (Fsp3) is 0.276. The van der Waals surface area contributed by atoms with Gasteiger partial charge in [-0.05, 0) is 47.5 Å². The SMILES string of the molecule is COC(=O)C(Cc1ccc(-n2c(=O)n(C)c3cccc(Cl)c32)cc1)NC(=O)c1c(Cl)cc(C2CNCCO2)cc1Cl. The van der Waals surface area contributed by atoms with Crippen molar-refractivity contribution in [2.45, 2.75) is 18.6 Å². The van der Waals surface area contributed by atoms with Crippen molar-refractivity contribution in [3.05, 3.63) is 96.8 Å². The number of halogens is 3. The van der Waals surface area contributed by atoms with Crippen LogP contribution in [0, 0.1) is 0 Å². The van der Waals surface area contributed by atoms with Gasteiger partial charge in [-0.1, -0.05) is 53.0 Å². The van der Waals surface area contributed by atoms with E-state index in [9.17, 15) is 14.4 Å². The number of hydrogen-bond donors (Lipinski definition) is 2. The Morgan fingerprint density at radius 3 is 2.44 bits per heavy atom. The number of fused-ring (bicyclic) bond motifs is 1. The van der Waals surface area contributed by atoms with Crippen molar-refractivity contribution in [3.8, 4) is 5.69 Å². The van der Waals surface area contributed by atoms with Gasteiger partial charge in [-0.2, -0.15) is 0 Å². The minimum Gasteiger partial charge on any atom is -0.467 e. The predicted octanol–water partition coefficient (Wildman–Crippen LogP) is 4.46. The van der Waals surface area contributed by atoms with Gasteiger partial charge < -0.3 is 20.1 Å². The number of ether oxygens (including phenoxy) is 2. The molecule has 1 saturated heterocycles. The second kappa shape index (κ2) is 12.3. The van der Waals surface area contributed by atoms with Gasteiger partial charge in [-0.15, -0.1) is 0 Å². The normalized spacial score (nSPS) is 16.0. The molecule has 2 heterocycles. The molecule has 2 N–H and O–H groups in total. The van der Waals surface area contributed by atoms with Crippen molar-refractivity contribution < 1.29 is 19.1 Å². The van der Waals surface area contributed by atoms with Crippen molar-refractivity contribution in [3.63, 3.8) is 0 Å². The van der Waals surface area contributed by atoms with Crippen LogP contribution in [0.1, 0.15) is 27.6 Å². The lowest BCUT2D eigenvalue weighted by Crippen LogP contribution is -2.43. The van der Waals surface area contributed by atoms with Gasteiger partial charge in [-0.25, -0.2) is 9.59 Å². The predicted molar refractivity (Wildman–Crippen MR) is 159 cm³/mol. The molecule has 1 aromatic heterocycles. The number of aryl methyl sites for hydroxylation is 1. The van der Waals surface area contributed by atoms with Crippen LogP contribution in [0.5, 0.6) is 0 Å². The summed E-state index contributed by atoms with van der Waals surface area (Å²) in [4.78, 5) is 38.9. The number of aromatic nitrogens is 2. The highest BCUT2D eigenvalue weighted by Crippen LogP contribution is 2.31. The van der Waals surface area contributed by atoms with Crippen molar-refractivity contribution in [2.24, 2.45) is 7.05 Å². The molecular formula is C29H27Cl3N4O5. The maximum Gasteiger partial charge on any atom is 0.333 e. The second-order valence-electron chi connectivity index (χ2n) is 9.63. The molecule has 0 radical (unpaired) electrons. The Morgan fingerprint density at radius 2 is 1.80 bits per heavy atom. The van der Waals surface area contributed by atoms with E-state index in [0.717, 1.165) is 17.7 Å². The summed E-state index contributed by atoms with van der Waals surface area (Å²) in [5, 5.41) is 6.68. The van der Waals surface area contributed by atoms with Gasteiger partial charge >= 0.3 is 11.7 Å². The largest absolute Gasteiger partial charge is 0.467 e. The van der Waals surface area contributed by atoms with E-state index in [4.69, 9.17) is 44.3 Å². The van der Waals surface area contributed by atoms with Crippen LogP contribution in [0.25, 0.3) is 16.7 Å². The molecule has 0 saturated carbocycles. The number of benzene rings is 3. The monoisotopic (exact) mass is 616 g/mol. The molecule has 0 spiro atoms. The van der Waals surface area contributed by atoms with Crippen molar-refractivity contribution in [1.29, 1.82) is 0 Å². The van der Waals surface area contributed by atoms with Gasteiger partial charge in [0.05, 0.1) is 57.2 Å². The van der Waals surface area contributed by atoms with E-state index >= 15 is 0 Å². The summed E-state index contributed by atoms with van der Waals surface area (Å²) in [6, 6.07) is 14.7. The summed E-state index contributed by atoms with van der Waals surface area (Å²) in [5.41, 5.74) is 3.18. The Kier molecular flexibility index (Phi) is 8.72. The lowest BCUT2D eigenvalue weighted by atomic mass is 10.0. The lowest BCUT2D eigenvalue weighted by Gasteiger charge is -2.25. The van der Waals surface area contributed by atoms with Gasteiger partial charge in [0.1, 0.15) is 6.04 Å². The average molecular weight is 618 g/mol. The smallest absolute Gasteiger partial charge is 0.333 e. The molecule has 1 amide bonds. The number of morpholine rings is 1. The van der Waals surface area contributed by atoms with Gasteiger partial charge in [0.2, 0.25) is 0 Å². The zero-order valence-corrected chi connectivity index (χ0v) is 24.5. The van der Waals surface area contributed by atoms with Gasteiger partial charge in [0.25, 0.3) is 5.91 Å². The topological polar surface area (TPSA) is 104 Å². The summed E-state index contributed by atoms with van der Waals surface area (Å²) < 4.78 is 13.8. The number of amides is 1. The van der Waals surface area contributed by atoms with E-state index in [-0.39, 0.29) is 33.8 Å². The molecule has 4 aromatic rings. The number of imidazole rings is 1. The summed E-state index contributed by atoms with van der Waals surface area (Å²) >= 11 is 19.4. The molecule has 1 fully saturated rings. The van der Waals surface area contributed by atoms with Crippen molar-refractivity contribution in [1.82, 2.24) is 19.8 Å². The number of hydrogen-bond acceptors (Lipinski definition) is 6. The summed E-state index contributed by atoms with van der Waals surface area (Å²) in [7, 11) is 2.93. The van der Waals surface area contributed by atoms with E-state index in [1.165, 1.54) is 16.2 Å². The molecule has 0 bridgehead atoms. The number of esters is 1. The second-order valence-corrected chi connectivity index (χ2v) is 10.8. The van der Waals surface area contributed by atoms with Crippen LogP contribution in [-0.4, -0.2) is 53.9 Å². The average Bonchev–Trinajstić information content (AvgIpc) is 3.23. The van der Waals surface area contributed by atoms with Gasteiger partial charge in [0.15, 0.2) is 0 Å². The Labute approximate surface area is 250 Å². The number of carbonyl (C=O) groups is 2. The fourth-order valence-corrected chi connectivity index (χ4v) is 5.87. The Hall–Kier alpha value is -3.34. The van der Waals surface area contributed by atoms with Crippen LogP contribution in [0.4, 0.5) is 0 Å². The molecule has 9 nitrogen and oxygen atoms in total. The summed E-state index contributed by atoms with van der Waals surface area (Å²) in [5.74, 6) is -1.25. The Morgan fingerprint density at radius 1 is 1.10 bits per heavy atom. The first-order valence-corrected chi connectivity index (χ1v) is 14.0. The number of nitrogens with zero attached hydrogens (tertiary/aromatic N) is 2. The van der Waals surface area contributed by atoms with Crippen LogP contribution in [0.15, 0.2) is 59.4 Å². The van der Waals surface area contributed by atoms with Gasteiger partial charge in [-0.3, -0.25) is 13.9 Å². The van der Waals surface area contributed by atoms with Crippen LogP contribution in [0.2, 0.25) is 15.1 Å². The number of methoxy groups -OCH3 is 1. The summed E-state index contributed by atoms with van der Waals surface area (Å²) in [6.45, 7) is 1.91. The van der Waals surface area contributed by atoms with E-state index in [1.54, 1.807) is 55.6 Å². The third-order valence-corrected chi connectivity index (χ3v) is 7.95. The van der Waals surface area contributed by atoms with Crippen LogP contribution < -0.4 is 16.3 Å². The standard InChI is InChI=1S/C29H27Cl3N4O5/c1-35-23-5-3-4-19(30)26(23)36(29(35)39)18-8-6-16(7-9-18)12-22(28(38)40-2)34-27(37)25-20(31)13-17(14-21(25)32)24-15-33-10-11-41-24/h3-9,13-14,22,24,33H,10-12,15H2,1-2H3,(H,34,37). The maximum atomic E-state index is 13.2. The summed E-state index contributed by atoms with van der Waals surface area (Å²) in [6.07, 6.45) is -0.110. The Balaban J connectivity index is 1.37. The molecule has 0 aliphatic carbocycles. The first-order valence-electron chi connectivity index (χ1n) is 12.8. The quantitative estimate of drug-likeness (QED) is 0.297. The Bertz CT molecular complexity index is 1650. The minimum atomic E-state index is -1.02. The highest BCUT2D eigenvalue weighted by atomic mass is 35.5. The number of carbonyl (C=O) groups excluding carboxylic acids is 2. The van der Waals surface area contributed by atoms with Crippen molar-refractivity contribution in [2.75, 3.05) is 26.8 Å². The third-order valence-electron chi connectivity index (χ3n) is 7.04. The maximum absolute atomic E-state index is 13.2. The molecule has 1 aliphatic heterocycles. The third kappa shape index (κ3) is 5.86. The lowest BCUT2D eigenvalue weighted by molar-refractivity contribution is -0.142. The molecule has 2 atom stereocenters. The first-order chi connectivity index (χ1) is 19.7. The number of nitrogens with one attached hydrogen (secondary N) is 2.